The van der Waals surface area contributed by atoms with Crippen LogP contribution in [0.15, 0.2) is 18.3 Å². The number of carbonyl (C=O) groups excluding carboxylic acids is 1. The van der Waals surface area contributed by atoms with Crippen LogP contribution < -0.4 is 20.5 Å². The Bertz CT molecular complexity index is 796. The van der Waals surface area contributed by atoms with E-state index in [0.29, 0.717) is 17.9 Å². The summed E-state index contributed by atoms with van der Waals surface area (Å²) in [5.74, 6) is 2.21. The minimum absolute atomic E-state index is 0.146. The third-order valence-electron chi connectivity index (χ3n) is 3.64. The van der Waals surface area contributed by atoms with E-state index in [1.54, 1.807) is 7.11 Å². The molecule has 1 heterocycles. The molecule has 0 unspecified atom stereocenters. The number of hydrogen-bond donors (Lipinski definition) is 2. The highest BCUT2D eigenvalue weighted by Crippen LogP contribution is 2.37. The standard InChI is InChI=1S/C18H23IN4O3/c1-5-6-16(24)22-18-21-9-15(17(20)23-18)26-13-8-12(19)14(25-4)7-11(13)10(2)3/h7-10H,5-6H2,1-4H3,(H3,20,21,22,23,24). The van der Waals surface area contributed by atoms with Crippen LogP contribution in [-0.2, 0) is 4.79 Å². The minimum atomic E-state index is -0.146. The number of nitrogens with one attached hydrogen (secondary N) is 1. The first-order chi connectivity index (χ1) is 12.3. The lowest BCUT2D eigenvalue weighted by Crippen LogP contribution is -2.14. The lowest BCUT2D eigenvalue weighted by atomic mass is 10.0. The molecule has 1 aromatic heterocycles. The molecule has 2 aromatic rings. The van der Waals surface area contributed by atoms with E-state index in [0.717, 1.165) is 21.3 Å². The van der Waals surface area contributed by atoms with Crippen molar-refractivity contribution in [1.29, 1.82) is 0 Å². The van der Waals surface area contributed by atoms with Crippen LogP contribution in [0, 0.1) is 3.57 Å². The molecule has 1 aromatic carbocycles. The second-order valence-corrected chi connectivity index (χ2v) is 7.18. The predicted molar refractivity (Wildman–Crippen MR) is 110 cm³/mol. The van der Waals surface area contributed by atoms with Gasteiger partial charge >= 0.3 is 0 Å². The minimum Gasteiger partial charge on any atom is -0.496 e. The van der Waals surface area contributed by atoms with Crippen LogP contribution in [0.2, 0.25) is 0 Å². The Morgan fingerprint density at radius 2 is 2.04 bits per heavy atom. The Labute approximate surface area is 166 Å². The van der Waals surface area contributed by atoms with E-state index < -0.39 is 0 Å². The summed E-state index contributed by atoms with van der Waals surface area (Å²) in [5, 5.41) is 2.61. The average Bonchev–Trinajstić information content (AvgIpc) is 2.57. The molecule has 1 amide bonds. The van der Waals surface area contributed by atoms with Gasteiger partial charge in [0.2, 0.25) is 11.9 Å². The number of amides is 1. The van der Waals surface area contributed by atoms with Crippen LogP contribution in [0.4, 0.5) is 11.8 Å². The van der Waals surface area contributed by atoms with E-state index in [9.17, 15) is 4.79 Å². The zero-order valence-corrected chi connectivity index (χ0v) is 17.5. The maximum absolute atomic E-state index is 11.6. The van der Waals surface area contributed by atoms with Crippen LogP contribution in [-0.4, -0.2) is 23.0 Å². The number of ether oxygens (including phenoxy) is 2. The number of rotatable bonds is 7. The first-order valence-corrected chi connectivity index (χ1v) is 9.41. The second-order valence-electron chi connectivity index (χ2n) is 6.02. The molecule has 0 spiro atoms. The van der Waals surface area contributed by atoms with E-state index in [1.807, 2.05) is 19.1 Å². The highest BCUT2D eigenvalue weighted by Gasteiger charge is 2.16. The molecular weight excluding hydrogens is 447 g/mol. The summed E-state index contributed by atoms with van der Waals surface area (Å²) >= 11 is 2.19. The van der Waals surface area contributed by atoms with E-state index >= 15 is 0 Å². The number of benzene rings is 1. The van der Waals surface area contributed by atoms with Gasteiger partial charge in [-0.1, -0.05) is 20.8 Å². The first-order valence-electron chi connectivity index (χ1n) is 8.33. The smallest absolute Gasteiger partial charge is 0.231 e. The molecule has 0 saturated heterocycles. The Morgan fingerprint density at radius 1 is 1.31 bits per heavy atom. The fourth-order valence-electron chi connectivity index (χ4n) is 2.30. The van der Waals surface area contributed by atoms with Crippen LogP contribution in [0.5, 0.6) is 17.2 Å². The number of hydrogen-bond acceptors (Lipinski definition) is 6. The summed E-state index contributed by atoms with van der Waals surface area (Å²) in [4.78, 5) is 19.9. The summed E-state index contributed by atoms with van der Waals surface area (Å²) in [6.07, 6.45) is 2.62. The van der Waals surface area contributed by atoms with E-state index in [1.165, 1.54) is 6.20 Å². The Morgan fingerprint density at radius 3 is 2.62 bits per heavy atom. The van der Waals surface area contributed by atoms with Crippen molar-refractivity contribution in [2.24, 2.45) is 0 Å². The topological polar surface area (TPSA) is 99.4 Å². The number of nitrogens with zero attached hydrogens (tertiary/aromatic N) is 2. The van der Waals surface area contributed by atoms with Crippen LogP contribution >= 0.6 is 22.6 Å². The van der Waals surface area contributed by atoms with Gasteiger partial charge in [-0.25, -0.2) is 4.98 Å². The van der Waals surface area contributed by atoms with Crippen LogP contribution in [0.1, 0.15) is 45.1 Å². The predicted octanol–water partition coefficient (Wildman–Crippen LogP) is 4.33. The largest absolute Gasteiger partial charge is 0.496 e. The quantitative estimate of drug-likeness (QED) is 0.585. The Balaban J connectivity index is 2.28. The lowest BCUT2D eigenvalue weighted by Gasteiger charge is -2.17. The summed E-state index contributed by atoms with van der Waals surface area (Å²) in [7, 11) is 1.64. The SMILES string of the molecule is CCCC(=O)Nc1ncc(Oc2cc(I)c(OC)cc2C(C)C)c(N)n1. The molecule has 2 rings (SSSR count). The molecule has 140 valence electrons. The first kappa shape index (κ1) is 20.2. The number of anilines is 2. The van der Waals surface area contributed by atoms with Gasteiger partial charge in [0.15, 0.2) is 11.6 Å². The normalized spacial score (nSPS) is 10.7. The summed E-state index contributed by atoms with van der Waals surface area (Å²) < 4.78 is 12.3. The summed E-state index contributed by atoms with van der Waals surface area (Å²) in [6.45, 7) is 6.07. The highest BCUT2D eigenvalue weighted by molar-refractivity contribution is 14.1. The molecule has 0 aliphatic heterocycles. The zero-order chi connectivity index (χ0) is 19.3. The van der Waals surface area contributed by atoms with Crippen LogP contribution in [0.3, 0.4) is 0 Å². The molecular formula is C18H23IN4O3. The lowest BCUT2D eigenvalue weighted by molar-refractivity contribution is -0.116. The number of aromatic nitrogens is 2. The van der Waals surface area contributed by atoms with Gasteiger partial charge in [0.1, 0.15) is 11.5 Å². The zero-order valence-electron chi connectivity index (χ0n) is 15.3. The molecule has 0 bridgehead atoms. The van der Waals surface area contributed by atoms with Crippen molar-refractivity contribution in [2.75, 3.05) is 18.2 Å². The van der Waals surface area contributed by atoms with Gasteiger partial charge in [0.05, 0.1) is 16.9 Å². The van der Waals surface area contributed by atoms with Gasteiger partial charge in [0, 0.05) is 12.0 Å². The summed E-state index contributed by atoms with van der Waals surface area (Å²) in [5.41, 5.74) is 6.97. The van der Waals surface area contributed by atoms with Crippen molar-refractivity contribution < 1.29 is 14.3 Å². The summed E-state index contributed by atoms with van der Waals surface area (Å²) in [6, 6.07) is 3.85. The third kappa shape index (κ3) is 4.96. The molecule has 8 heteroatoms. The Hall–Kier alpha value is -2.10. The van der Waals surface area contributed by atoms with Crippen molar-refractivity contribution in [1.82, 2.24) is 9.97 Å². The second kappa shape index (κ2) is 9.02. The van der Waals surface area contributed by atoms with Gasteiger partial charge in [0.25, 0.3) is 0 Å². The average molecular weight is 470 g/mol. The maximum Gasteiger partial charge on any atom is 0.231 e. The molecule has 0 saturated carbocycles. The van der Waals surface area contributed by atoms with Crippen molar-refractivity contribution in [2.45, 2.75) is 39.5 Å². The molecule has 7 nitrogen and oxygen atoms in total. The molecule has 0 aliphatic carbocycles. The van der Waals surface area contributed by atoms with Crippen molar-refractivity contribution in [3.05, 3.63) is 27.5 Å². The van der Waals surface area contributed by atoms with Crippen LogP contribution in [0.25, 0.3) is 0 Å². The fraction of sp³-hybridized carbons (Fsp3) is 0.389. The monoisotopic (exact) mass is 470 g/mol. The molecule has 0 atom stereocenters. The van der Waals surface area contributed by atoms with E-state index in [-0.39, 0.29) is 23.6 Å². The molecule has 3 N–H and O–H groups in total. The number of halogens is 1. The fourth-order valence-corrected chi connectivity index (χ4v) is 2.96. The maximum atomic E-state index is 11.6. The number of nitrogens with two attached hydrogens (primary N) is 1. The van der Waals surface area contributed by atoms with Crippen molar-refractivity contribution >= 4 is 40.3 Å². The molecule has 0 radical (unpaired) electrons. The molecule has 0 aliphatic rings. The van der Waals surface area contributed by atoms with Gasteiger partial charge in [-0.05, 0) is 47.1 Å². The van der Waals surface area contributed by atoms with Crippen molar-refractivity contribution in [3.8, 4) is 17.2 Å². The Kier molecular flexibility index (Phi) is 7.01. The highest BCUT2D eigenvalue weighted by atomic mass is 127. The van der Waals surface area contributed by atoms with Gasteiger partial charge in [-0.15, -0.1) is 0 Å². The number of nitrogen functional groups attached to an aromatic ring is 1. The molecule has 26 heavy (non-hydrogen) atoms. The van der Waals surface area contributed by atoms with E-state index in [4.69, 9.17) is 15.2 Å². The number of carbonyl (C=O) groups is 1. The number of methoxy groups -OCH3 is 1. The van der Waals surface area contributed by atoms with Gasteiger partial charge < -0.3 is 15.2 Å². The van der Waals surface area contributed by atoms with Gasteiger partial charge in [-0.3, -0.25) is 10.1 Å². The molecule has 0 fully saturated rings. The van der Waals surface area contributed by atoms with Gasteiger partial charge in [-0.2, -0.15) is 4.98 Å². The third-order valence-corrected chi connectivity index (χ3v) is 4.48. The van der Waals surface area contributed by atoms with E-state index in [2.05, 4.69) is 51.7 Å². The van der Waals surface area contributed by atoms with Crippen molar-refractivity contribution in [3.63, 3.8) is 0 Å².